The number of aromatic amines is 1. The topological polar surface area (TPSA) is 19.0 Å². The lowest BCUT2D eigenvalue weighted by molar-refractivity contribution is -0.180. The number of aromatic nitrogens is 1. The van der Waals surface area contributed by atoms with E-state index in [1.165, 1.54) is 36.2 Å². The number of benzene rings is 2. The summed E-state index contributed by atoms with van der Waals surface area (Å²) in [5, 5.41) is 0. The van der Waals surface area contributed by atoms with E-state index in [1.54, 1.807) is 12.1 Å². The van der Waals surface area contributed by atoms with Crippen LogP contribution in [0.3, 0.4) is 0 Å². The third kappa shape index (κ3) is 3.30. The molecule has 0 saturated heterocycles. The molecule has 0 atom stereocenters. The highest BCUT2D eigenvalue weighted by atomic mass is 19.4. The predicted molar refractivity (Wildman–Crippen MR) is 107 cm³/mol. The number of H-pyrrole nitrogens is 1. The molecule has 1 aliphatic heterocycles. The maximum Gasteiger partial charge on any atom is 0.397 e. The van der Waals surface area contributed by atoms with E-state index in [0.717, 1.165) is 18.5 Å². The molecule has 146 valence electrons. The maximum atomic E-state index is 13.2. The van der Waals surface area contributed by atoms with Gasteiger partial charge in [0.1, 0.15) is 0 Å². The number of nitrogens with one attached hydrogen (secondary N) is 1. The number of hydrogen-bond acceptors (Lipinski definition) is 1. The van der Waals surface area contributed by atoms with Gasteiger partial charge in [0.2, 0.25) is 0 Å². The minimum Gasteiger partial charge on any atom is -0.367 e. The van der Waals surface area contributed by atoms with E-state index >= 15 is 0 Å². The molecule has 0 spiro atoms. The number of fused-ring (bicyclic) bond motifs is 1. The van der Waals surface area contributed by atoms with Crippen LogP contribution in [0.2, 0.25) is 0 Å². The van der Waals surface area contributed by atoms with Crippen LogP contribution in [0.5, 0.6) is 0 Å². The Kier molecular flexibility index (Phi) is 4.48. The fourth-order valence-corrected chi connectivity index (χ4v) is 3.73. The summed E-state index contributed by atoms with van der Waals surface area (Å²) in [5.41, 5.74) is 4.35. The first-order valence-corrected chi connectivity index (χ1v) is 9.43. The minimum absolute atomic E-state index is 0.293. The van der Waals surface area contributed by atoms with E-state index in [2.05, 4.69) is 34.1 Å². The van der Waals surface area contributed by atoms with Crippen LogP contribution < -0.4 is 4.90 Å². The lowest BCUT2D eigenvalue weighted by atomic mass is 9.83. The Morgan fingerprint density at radius 3 is 2.36 bits per heavy atom. The number of halogens is 3. The van der Waals surface area contributed by atoms with Crippen molar-refractivity contribution < 1.29 is 13.2 Å². The van der Waals surface area contributed by atoms with Gasteiger partial charge >= 0.3 is 6.18 Å². The second-order valence-electron chi connectivity index (χ2n) is 7.93. The van der Waals surface area contributed by atoms with E-state index in [9.17, 15) is 13.2 Å². The Morgan fingerprint density at radius 2 is 1.71 bits per heavy atom. The SMILES string of the molecule is CC(C)(c1ccc(CN2CCc3cc(-c4cc[nH]c4)ccc32)cc1)C(F)(F)F. The molecule has 28 heavy (non-hydrogen) atoms. The molecule has 0 bridgehead atoms. The van der Waals surface area contributed by atoms with Crippen LogP contribution in [0.1, 0.15) is 30.5 Å². The van der Waals surface area contributed by atoms with Gasteiger partial charge in [-0.1, -0.05) is 30.3 Å². The van der Waals surface area contributed by atoms with Crippen LogP contribution in [0.25, 0.3) is 11.1 Å². The number of nitrogens with zero attached hydrogens (tertiary/aromatic N) is 1. The molecule has 4 rings (SSSR count). The molecule has 0 aliphatic carbocycles. The van der Waals surface area contributed by atoms with Gasteiger partial charge < -0.3 is 9.88 Å². The van der Waals surface area contributed by atoms with Gasteiger partial charge in [0.25, 0.3) is 0 Å². The van der Waals surface area contributed by atoms with Gasteiger partial charge in [-0.2, -0.15) is 13.2 Å². The summed E-state index contributed by atoms with van der Waals surface area (Å²) in [7, 11) is 0. The summed E-state index contributed by atoms with van der Waals surface area (Å²) in [6.07, 6.45) is 0.614. The zero-order valence-corrected chi connectivity index (χ0v) is 16.0. The fourth-order valence-electron chi connectivity index (χ4n) is 3.73. The molecule has 2 heterocycles. The molecular formula is C23H23F3N2. The Bertz CT molecular complexity index is 955. The zero-order chi connectivity index (χ0) is 19.9. The summed E-state index contributed by atoms with van der Waals surface area (Å²) < 4.78 is 39.7. The van der Waals surface area contributed by atoms with Crippen molar-refractivity contribution in [2.45, 2.75) is 38.4 Å². The smallest absolute Gasteiger partial charge is 0.367 e. The molecule has 3 aromatic rings. The Balaban J connectivity index is 1.51. The van der Waals surface area contributed by atoms with E-state index in [0.29, 0.717) is 12.1 Å². The summed E-state index contributed by atoms with van der Waals surface area (Å²) in [6.45, 7) is 4.06. The lowest BCUT2D eigenvalue weighted by Crippen LogP contribution is -2.36. The third-order valence-corrected chi connectivity index (χ3v) is 5.76. The monoisotopic (exact) mass is 384 g/mol. The Labute approximate surface area is 163 Å². The van der Waals surface area contributed by atoms with Crippen molar-refractivity contribution in [3.8, 4) is 11.1 Å². The van der Waals surface area contributed by atoms with E-state index in [-0.39, 0.29) is 0 Å². The van der Waals surface area contributed by atoms with Crippen LogP contribution in [0.4, 0.5) is 18.9 Å². The molecule has 0 fully saturated rings. The molecule has 0 saturated carbocycles. The van der Waals surface area contributed by atoms with Gasteiger partial charge in [-0.05, 0) is 66.3 Å². The largest absolute Gasteiger partial charge is 0.397 e. The van der Waals surface area contributed by atoms with Gasteiger partial charge in [-0.25, -0.2) is 0 Å². The van der Waals surface area contributed by atoms with Crippen molar-refractivity contribution in [2.24, 2.45) is 0 Å². The van der Waals surface area contributed by atoms with Gasteiger partial charge in [0.15, 0.2) is 0 Å². The van der Waals surface area contributed by atoms with Crippen molar-refractivity contribution >= 4 is 5.69 Å². The summed E-state index contributed by atoms with van der Waals surface area (Å²) in [4.78, 5) is 5.37. The first-order chi connectivity index (χ1) is 13.3. The summed E-state index contributed by atoms with van der Waals surface area (Å²) >= 11 is 0. The third-order valence-electron chi connectivity index (χ3n) is 5.76. The molecule has 0 radical (unpaired) electrons. The maximum absolute atomic E-state index is 13.2. The van der Waals surface area contributed by atoms with Gasteiger partial charge in [0, 0.05) is 31.2 Å². The molecule has 1 N–H and O–H groups in total. The first kappa shape index (κ1) is 18.7. The fraction of sp³-hybridized carbons (Fsp3) is 0.304. The quantitative estimate of drug-likeness (QED) is 0.577. The van der Waals surface area contributed by atoms with Crippen LogP contribution in [0, 0.1) is 0 Å². The van der Waals surface area contributed by atoms with Crippen molar-refractivity contribution in [2.75, 3.05) is 11.4 Å². The number of anilines is 1. The highest BCUT2D eigenvalue weighted by Crippen LogP contribution is 2.40. The predicted octanol–water partition coefficient (Wildman–Crippen LogP) is 6.08. The number of rotatable bonds is 4. The molecular weight excluding hydrogens is 361 g/mol. The van der Waals surface area contributed by atoms with Crippen molar-refractivity contribution in [1.29, 1.82) is 0 Å². The van der Waals surface area contributed by atoms with Crippen molar-refractivity contribution in [3.05, 3.63) is 77.6 Å². The molecule has 1 aliphatic rings. The molecule has 2 nitrogen and oxygen atoms in total. The highest BCUT2D eigenvalue weighted by Gasteiger charge is 2.48. The molecule has 2 aromatic carbocycles. The second-order valence-corrected chi connectivity index (χ2v) is 7.93. The highest BCUT2D eigenvalue weighted by molar-refractivity contribution is 5.70. The van der Waals surface area contributed by atoms with E-state index < -0.39 is 11.6 Å². The van der Waals surface area contributed by atoms with Gasteiger partial charge in [-0.15, -0.1) is 0 Å². The molecule has 1 aromatic heterocycles. The van der Waals surface area contributed by atoms with Crippen LogP contribution >= 0.6 is 0 Å². The number of hydrogen-bond donors (Lipinski definition) is 1. The lowest BCUT2D eigenvalue weighted by Gasteiger charge is -2.28. The average molecular weight is 384 g/mol. The van der Waals surface area contributed by atoms with Crippen LogP contribution in [-0.4, -0.2) is 17.7 Å². The standard InChI is InChI=1S/C23H23F3N2/c1-22(2,23(24,25)26)20-6-3-16(4-7-20)15-28-12-10-18-13-17(5-8-21(18)28)19-9-11-27-14-19/h3-9,11,13-14,27H,10,12,15H2,1-2H3. The first-order valence-electron chi connectivity index (χ1n) is 9.43. The second kappa shape index (κ2) is 6.73. The molecule has 0 unspecified atom stereocenters. The van der Waals surface area contributed by atoms with Gasteiger partial charge in [-0.3, -0.25) is 0 Å². The Morgan fingerprint density at radius 1 is 0.964 bits per heavy atom. The summed E-state index contributed by atoms with van der Waals surface area (Å²) in [6, 6.07) is 15.4. The van der Waals surface area contributed by atoms with E-state index in [4.69, 9.17) is 0 Å². The van der Waals surface area contributed by atoms with Crippen molar-refractivity contribution in [1.82, 2.24) is 4.98 Å². The van der Waals surface area contributed by atoms with Crippen LogP contribution in [0.15, 0.2) is 60.9 Å². The molecule has 0 amide bonds. The normalized spacial score (nSPS) is 14.4. The van der Waals surface area contributed by atoms with Gasteiger partial charge in [0.05, 0.1) is 5.41 Å². The zero-order valence-electron chi connectivity index (χ0n) is 16.0. The van der Waals surface area contributed by atoms with E-state index in [1.807, 2.05) is 24.5 Å². The van der Waals surface area contributed by atoms with Crippen molar-refractivity contribution in [3.63, 3.8) is 0 Å². The average Bonchev–Trinajstić information content (AvgIpc) is 3.31. The number of alkyl halides is 3. The summed E-state index contributed by atoms with van der Waals surface area (Å²) in [5.74, 6) is 0. The minimum atomic E-state index is -4.26. The Hall–Kier alpha value is -2.69. The molecule has 5 heteroatoms. The van der Waals surface area contributed by atoms with Crippen LogP contribution in [-0.2, 0) is 18.4 Å².